The van der Waals surface area contributed by atoms with E-state index in [9.17, 15) is 4.79 Å². The number of anilines is 1. The number of methoxy groups -OCH3 is 1. The number of hydrogen-bond acceptors (Lipinski definition) is 7. The molecule has 1 aliphatic rings. The standard InChI is InChI=1S/C23H26FN5O3S/c1-5-6-32-19-11-27-18(10-28-19)21(30)29-15-7-13(2)20(24)16(8-15)14(3)17-9-23(17,12-31-4)33-22(25)26/h1,7-8,10-11,14,17H,6,9,12H2,2-4H3,(H3,25,26)(H,29,30)/t14-,17?,23-/m1/s1. The zero-order chi connectivity index (χ0) is 24.2. The summed E-state index contributed by atoms with van der Waals surface area (Å²) < 4.78 is 25.2. The molecule has 2 aromatic rings. The Bertz CT molecular complexity index is 1090. The number of hydrogen-bond donors (Lipinski definition) is 3. The summed E-state index contributed by atoms with van der Waals surface area (Å²) in [6.07, 6.45) is 8.48. The third-order valence-corrected chi connectivity index (χ3v) is 6.80. The number of amidine groups is 1. The SMILES string of the molecule is C#CCOc1cnc(C(=O)Nc2cc(C)c(F)c([C@@H](C)C3C[C@]3(COC)SC(=N)N)c2)cn1. The number of benzene rings is 1. The predicted molar refractivity (Wildman–Crippen MR) is 126 cm³/mol. The number of ether oxygens (including phenoxy) is 2. The molecule has 1 unspecified atom stereocenters. The second-order valence-corrected chi connectivity index (χ2v) is 9.40. The number of amides is 1. The van der Waals surface area contributed by atoms with Crippen molar-refractivity contribution in [1.29, 1.82) is 5.41 Å². The molecule has 4 N–H and O–H groups in total. The summed E-state index contributed by atoms with van der Waals surface area (Å²) in [6.45, 7) is 4.06. The van der Waals surface area contributed by atoms with Crippen molar-refractivity contribution in [1.82, 2.24) is 9.97 Å². The van der Waals surface area contributed by atoms with Gasteiger partial charge in [0, 0.05) is 12.8 Å². The van der Waals surface area contributed by atoms with Crippen LogP contribution in [-0.2, 0) is 4.74 Å². The van der Waals surface area contributed by atoms with Crippen LogP contribution in [0.3, 0.4) is 0 Å². The van der Waals surface area contributed by atoms with Crippen molar-refractivity contribution in [3.05, 3.63) is 47.2 Å². The van der Waals surface area contributed by atoms with Gasteiger partial charge in [-0.25, -0.2) is 14.4 Å². The van der Waals surface area contributed by atoms with E-state index in [1.165, 1.54) is 24.2 Å². The first kappa shape index (κ1) is 24.5. The highest BCUT2D eigenvalue weighted by Gasteiger charge is 2.58. The molecule has 174 valence electrons. The Morgan fingerprint density at radius 1 is 1.48 bits per heavy atom. The molecule has 3 atom stereocenters. The van der Waals surface area contributed by atoms with Gasteiger partial charge in [0.05, 0.1) is 23.7 Å². The van der Waals surface area contributed by atoms with Crippen LogP contribution in [0.15, 0.2) is 24.5 Å². The maximum Gasteiger partial charge on any atom is 0.275 e. The second kappa shape index (κ2) is 10.2. The van der Waals surface area contributed by atoms with Gasteiger partial charge in [0.15, 0.2) is 11.8 Å². The van der Waals surface area contributed by atoms with Gasteiger partial charge in [-0.1, -0.05) is 24.6 Å². The summed E-state index contributed by atoms with van der Waals surface area (Å²) in [5, 5.41) is 10.4. The first-order chi connectivity index (χ1) is 15.7. The van der Waals surface area contributed by atoms with Crippen molar-refractivity contribution in [2.75, 3.05) is 25.6 Å². The van der Waals surface area contributed by atoms with E-state index in [0.29, 0.717) is 23.4 Å². The minimum atomic E-state index is -0.483. The molecule has 3 rings (SSSR count). The summed E-state index contributed by atoms with van der Waals surface area (Å²) in [4.78, 5) is 20.7. The Morgan fingerprint density at radius 3 is 2.85 bits per heavy atom. The quantitative estimate of drug-likeness (QED) is 0.291. The minimum Gasteiger partial charge on any atom is -0.463 e. The molecule has 33 heavy (non-hydrogen) atoms. The lowest BCUT2D eigenvalue weighted by Crippen LogP contribution is -2.23. The number of aromatic nitrogens is 2. The maximum absolute atomic E-state index is 15.1. The summed E-state index contributed by atoms with van der Waals surface area (Å²) in [5.41, 5.74) is 7.05. The van der Waals surface area contributed by atoms with Crippen molar-refractivity contribution in [3.8, 4) is 18.2 Å². The van der Waals surface area contributed by atoms with Gasteiger partial charge >= 0.3 is 0 Å². The predicted octanol–water partition coefficient (Wildman–Crippen LogP) is 3.32. The summed E-state index contributed by atoms with van der Waals surface area (Å²) in [7, 11) is 1.60. The van der Waals surface area contributed by atoms with Crippen LogP contribution in [0.4, 0.5) is 10.1 Å². The highest BCUT2D eigenvalue weighted by molar-refractivity contribution is 8.15. The van der Waals surface area contributed by atoms with E-state index in [2.05, 4.69) is 21.2 Å². The molecular weight excluding hydrogens is 445 g/mol. The van der Waals surface area contributed by atoms with Gasteiger partial charge in [-0.2, -0.15) is 0 Å². The molecule has 0 aliphatic heterocycles. The normalized spacial score (nSPS) is 19.9. The van der Waals surface area contributed by atoms with Crippen LogP contribution < -0.4 is 15.8 Å². The Morgan fingerprint density at radius 2 is 2.24 bits per heavy atom. The van der Waals surface area contributed by atoms with E-state index in [1.807, 2.05) is 6.92 Å². The number of nitrogens with one attached hydrogen (secondary N) is 2. The van der Waals surface area contributed by atoms with Gasteiger partial charge in [-0.3, -0.25) is 10.2 Å². The molecule has 8 nitrogen and oxygen atoms in total. The smallest absolute Gasteiger partial charge is 0.275 e. The van der Waals surface area contributed by atoms with Gasteiger partial charge in [0.1, 0.15) is 11.5 Å². The molecule has 1 amide bonds. The first-order valence-electron chi connectivity index (χ1n) is 10.2. The van der Waals surface area contributed by atoms with E-state index in [4.69, 9.17) is 27.0 Å². The Balaban J connectivity index is 1.78. The van der Waals surface area contributed by atoms with Crippen molar-refractivity contribution in [2.45, 2.75) is 30.9 Å². The van der Waals surface area contributed by atoms with Crippen LogP contribution in [0, 0.1) is 36.4 Å². The number of terminal acetylenes is 1. The van der Waals surface area contributed by atoms with Crippen LogP contribution in [-0.4, -0.2) is 46.1 Å². The van der Waals surface area contributed by atoms with Gasteiger partial charge < -0.3 is 20.5 Å². The maximum atomic E-state index is 15.1. The third-order valence-electron chi connectivity index (χ3n) is 5.58. The number of aryl methyl sites for hydroxylation is 1. The Hall–Kier alpha value is -3.16. The number of rotatable bonds is 9. The fourth-order valence-corrected chi connectivity index (χ4v) is 5.19. The molecule has 0 bridgehead atoms. The van der Waals surface area contributed by atoms with E-state index in [-0.39, 0.29) is 45.7 Å². The van der Waals surface area contributed by atoms with E-state index < -0.39 is 5.91 Å². The highest BCUT2D eigenvalue weighted by Crippen LogP contribution is 2.60. The number of nitrogens with two attached hydrogens (primary N) is 1. The zero-order valence-electron chi connectivity index (χ0n) is 18.6. The molecule has 1 aliphatic carbocycles. The molecule has 1 aromatic heterocycles. The van der Waals surface area contributed by atoms with Crippen molar-refractivity contribution in [2.24, 2.45) is 11.7 Å². The number of carbonyl (C=O) groups excluding carboxylic acids is 1. The van der Waals surface area contributed by atoms with Gasteiger partial charge in [-0.15, -0.1) is 6.42 Å². The first-order valence-corrected chi connectivity index (χ1v) is 11.0. The largest absolute Gasteiger partial charge is 0.463 e. The average molecular weight is 472 g/mol. The third kappa shape index (κ3) is 5.61. The molecule has 1 saturated carbocycles. The number of carbonyl (C=O) groups is 1. The van der Waals surface area contributed by atoms with E-state index in [0.717, 1.165) is 6.42 Å². The number of thioether (sulfide) groups is 1. The van der Waals surface area contributed by atoms with Gasteiger partial charge in [0.25, 0.3) is 5.91 Å². The lowest BCUT2D eigenvalue weighted by Gasteiger charge is -2.21. The lowest BCUT2D eigenvalue weighted by atomic mass is 9.92. The number of halogens is 1. The Labute approximate surface area is 196 Å². The average Bonchev–Trinajstić information content (AvgIpc) is 3.47. The minimum absolute atomic E-state index is 0.0104. The van der Waals surface area contributed by atoms with Crippen molar-refractivity contribution >= 4 is 28.5 Å². The van der Waals surface area contributed by atoms with Crippen LogP contribution in [0.25, 0.3) is 0 Å². The van der Waals surface area contributed by atoms with Gasteiger partial charge in [-0.05, 0) is 48.4 Å². The monoisotopic (exact) mass is 471 g/mol. The van der Waals surface area contributed by atoms with Crippen molar-refractivity contribution < 1.29 is 18.7 Å². The molecule has 0 saturated heterocycles. The molecule has 0 spiro atoms. The van der Waals surface area contributed by atoms with Crippen LogP contribution in [0.5, 0.6) is 5.88 Å². The topological polar surface area (TPSA) is 123 Å². The fourth-order valence-electron chi connectivity index (χ4n) is 3.96. The van der Waals surface area contributed by atoms with E-state index in [1.54, 1.807) is 26.2 Å². The van der Waals surface area contributed by atoms with Crippen molar-refractivity contribution in [3.63, 3.8) is 0 Å². The van der Waals surface area contributed by atoms with Crippen LogP contribution >= 0.6 is 11.8 Å². The molecule has 1 fully saturated rings. The molecule has 1 aromatic carbocycles. The zero-order valence-corrected chi connectivity index (χ0v) is 19.5. The molecule has 10 heteroatoms. The second-order valence-electron chi connectivity index (χ2n) is 7.95. The van der Waals surface area contributed by atoms with Crippen LogP contribution in [0.2, 0.25) is 0 Å². The highest BCUT2D eigenvalue weighted by atomic mass is 32.2. The lowest BCUT2D eigenvalue weighted by molar-refractivity contribution is 0.102. The number of nitrogens with zero attached hydrogens (tertiary/aromatic N) is 2. The molecule has 1 heterocycles. The van der Waals surface area contributed by atoms with Crippen LogP contribution in [0.1, 0.15) is 40.9 Å². The van der Waals surface area contributed by atoms with E-state index >= 15 is 4.39 Å². The molecular formula is C23H26FN5O3S. The summed E-state index contributed by atoms with van der Waals surface area (Å²) in [5.74, 6) is 1.64. The summed E-state index contributed by atoms with van der Waals surface area (Å²) >= 11 is 1.26. The fraction of sp³-hybridized carbons (Fsp3) is 0.391. The van der Waals surface area contributed by atoms with Gasteiger partial charge in [0.2, 0.25) is 5.88 Å². The Kier molecular flexibility index (Phi) is 7.56. The summed E-state index contributed by atoms with van der Waals surface area (Å²) in [6, 6.07) is 3.21. The molecule has 0 radical (unpaired) electrons.